The molecule has 0 fully saturated rings. The van der Waals surface area contributed by atoms with E-state index in [4.69, 9.17) is 4.74 Å². The minimum atomic E-state index is -0.124. The van der Waals surface area contributed by atoms with Gasteiger partial charge in [0.25, 0.3) is 5.56 Å². The first-order valence-corrected chi connectivity index (χ1v) is 8.09. The van der Waals surface area contributed by atoms with Gasteiger partial charge >= 0.3 is 0 Å². The Morgan fingerprint density at radius 2 is 2.22 bits per heavy atom. The predicted molar refractivity (Wildman–Crippen MR) is 88.8 cm³/mol. The number of rotatable bonds is 3. The van der Waals surface area contributed by atoms with Crippen molar-refractivity contribution < 1.29 is 9.53 Å². The van der Waals surface area contributed by atoms with Gasteiger partial charge in [-0.05, 0) is 28.9 Å². The first-order valence-electron chi connectivity index (χ1n) is 7.30. The molecule has 0 unspecified atom stereocenters. The number of pyridine rings is 1. The van der Waals surface area contributed by atoms with Gasteiger partial charge in [-0.3, -0.25) is 9.59 Å². The molecule has 2 aromatic heterocycles. The number of aromatic nitrogens is 3. The van der Waals surface area contributed by atoms with E-state index in [1.54, 1.807) is 28.9 Å². The number of ether oxygens (including phenoxy) is 1. The fraction of sp³-hybridized carbons (Fsp3) is 0.400. The van der Waals surface area contributed by atoms with Crippen LogP contribution >= 0.6 is 15.9 Å². The summed E-state index contributed by atoms with van der Waals surface area (Å²) >= 11 is 3.33. The van der Waals surface area contributed by atoms with E-state index in [1.165, 1.54) is 10.6 Å². The largest absolute Gasteiger partial charge is 0.474 e. The molecule has 0 bridgehead atoms. The Balaban J connectivity index is 1.78. The smallest absolute Gasteiger partial charge is 0.250 e. The summed E-state index contributed by atoms with van der Waals surface area (Å²) in [6.45, 7) is 3.12. The van der Waals surface area contributed by atoms with E-state index in [-0.39, 0.29) is 17.9 Å². The second-order valence-electron chi connectivity index (χ2n) is 5.39. The van der Waals surface area contributed by atoms with Crippen molar-refractivity contribution in [3.8, 4) is 5.88 Å². The van der Waals surface area contributed by atoms with Crippen LogP contribution in [0.2, 0.25) is 0 Å². The molecule has 1 aliphatic rings. The zero-order valence-electron chi connectivity index (χ0n) is 13.0. The molecule has 0 atom stereocenters. The fourth-order valence-corrected chi connectivity index (χ4v) is 3.10. The third-order valence-electron chi connectivity index (χ3n) is 3.78. The van der Waals surface area contributed by atoms with E-state index in [1.807, 2.05) is 6.92 Å². The third kappa shape index (κ3) is 3.03. The molecule has 0 saturated carbocycles. The Kier molecular flexibility index (Phi) is 4.25. The monoisotopic (exact) mass is 380 g/mol. The van der Waals surface area contributed by atoms with E-state index < -0.39 is 0 Å². The van der Waals surface area contributed by atoms with Crippen LogP contribution in [0.3, 0.4) is 0 Å². The molecule has 2 aromatic rings. The lowest BCUT2D eigenvalue weighted by atomic mass is 10.2. The Morgan fingerprint density at radius 3 is 3.00 bits per heavy atom. The predicted octanol–water partition coefficient (Wildman–Crippen LogP) is 1.47. The summed E-state index contributed by atoms with van der Waals surface area (Å²) in [5.74, 6) is 0.569. The van der Waals surface area contributed by atoms with Gasteiger partial charge in [-0.15, -0.1) is 0 Å². The quantitative estimate of drug-likeness (QED) is 0.808. The molecule has 1 aliphatic heterocycles. The van der Waals surface area contributed by atoms with Gasteiger partial charge in [0.1, 0.15) is 12.3 Å². The molecule has 3 rings (SSSR count). The number of amides is 1. The maximum absolute atomic E-state index is 12.6. The van der Waals surface area contributed by atoms with Crippen molar-refractivity contribution in [2.75, 3.05) is 18.1 Å². The van der Waals surface area contributed by atoms with Crippen LogP contribution in [0, 0.1) is 6.92 Å². The van der Waals surface area contributed by atoms with E-state index in [0.717, 1.165) is 15.9 Å². The van der Waals surface area contributed by atoms with E-state index in [2.05, 4.69) is 21.0 Å². The number of hydrogen-bond donors (Lipinski definition) is 0. The lowest BCUT2D eigenvalue weighted by molar-refractivity contribution is -0.119. The van der Waals surface area contributed by atoms with Crippen LogP contribution in [0.25, 0.3) is 0 Å². The molecule has 0 radical (unpaired) electrons. The van der Waals surface area contributed by atoms with Gasteiger partial charge in [-0.25, -0.2) is 4.68 Å². The summed E-state index contributed by atoms with van der Waals surface area (Å²) in [7, 11) is 1.79. The van der Waals surface area contributed by atoms with Crippen LogP contribution in [-0.2, 0) is 18.4 Å². The minimum Gasteiger partial charge on any atom is -0.474 e. The Morgan fingerprint density at radius 1 is 1.43 bits per heavy atom. The summed E-state index contributed by atoms with van der Waals surface area (Å²) < 4.78 is 9.57. The Bertz CT molecular complexity index is 812. The Hall–Kier alpha value is -2.09. The van der Waals surface area contributed by atoms with Gasteiger partial charge in [0, 0.05) is 36.7 Å². The molecule has 0 aromatic carbocycles. The SMILES string of the molecule is Cc1nn(C)c2c1N(C(=O)CCn1cc(Br)ccc1=O)CCO2. The topological polar surface area (TPSA) is 69.4 Å². The highest BCUT2D eigenvalue weighted by Gasteiger charge is 2.29. The van der Waals surface area contributed by atoms with Crippen molar-refractivity contribution in [1.82, 2.24) is 14.3 Å². The van der Waals surface area contributed by atoms with Crippen molar-refractivity contribution >= 4 is 27.5 Å². The molecule has 1 amide bonds. The maximum atomic E-state index is 12.6. The van der Waals surface area contributed by atoms with Gasteiger partial charge in [-0.2, -0.15) is 5.10 Å². The molecule has 0 N–H and O–H groups in total. The molecule has 0 aliphatic carbocycles. The second-order valence-corrected chi connectivity index (χ2v) is 6.30. The van der Waals surface area contributed by atoms with Crippen molar-refractivity contribution in [2.45, 2.75) is 19.9 Å². The Labute approximate surface area is 141 Å². The number of aryl methyl sites for hydroxylation is 3. The van der Waals surface area contributed by atoms with Crippen molar-refractivity contribution in [3.05, 3.63) is 38.9 Å². The maximum Gasteiger partial charge on any atom is 0.250 e. The normalized spacial score (nSPS) is 13.6. The molecule has 8 heteroatoms. The van der Waals surface area contributed by atoms with Crippen LogP contribution < -0.4 is 15.2 Å². The highest BCUT2D eigenvalue weighted by atomic mass is 79.9. The summed E-state index contributed by atoms with van der Waals surface area (Å²) in [4.78, 5) is 26.1. The van der Waals surface area contributed by atoms with E-state index in [9.17, 15) is 9.59 Å². The van der Waals surface area contributed by atoms with Gasteiger partial charge in [0.2, 0.25) is 11.8 Å². The number of hydrogen-bond acceptors (Lipinski definition) is 4. The number of anilines is 1. The van der Waals surface area contributed by atoms with Gasteiger partial charge in [-0.1, -0.05) is 0 Å². The average molecular weight is 381 g/mol. The molecule has 23 heavy (non-hydrogen) atoms. The van der Waals surface area contributed by atoms with Crippen LogP contribution in [0.15, 0.2) is 27.6 Å². The first-order chi connectivity index (χ1) is 11.0. The van der Waals surface area contributed by atoms with Crippen molar-refractivity contribution in [3.63, 3.8) is 0 Å². The van der Waals surface area contributed by atoms with Gasteiger partial charge < -0.3 is 14.2 Å². The zero-order chi connectivity index (χ0) is 16.6. The van der Waals surface area contributed by atoms with Gasteiger partial charge in [0.05, 0.1) is 12.2 Å². The van der Waals surface area contributed by atoms with Crippen molar-refractivity contribution in [1.29, 1.82) is 0 Å². The van der Waals surface area contributed by atoms with Crippen LogP contribution in [0.1, 0.15) is 12.1 Å². The minimum absolute atomic E-state index is 0.0440. The lowest BCUT2D eigenvalue weighted by Gasteiger charge is -2.27. The summed E-state index contributed by atoms with van der Waals surface area (Å²) in [5, 5.41) is 4.31. The molecular weight excluding hydrogens is 364 g/mol. The average Bonchev–Trinajstić information content (AvgIpc) is 2.83. The third-order valence-corrected chi connectivity index (χ3v) is 4.25. The molecule has 3 heterocycles. The van der Waals surface area contributed by atoms with E-state index >= 15 is 0 Å². The van der Waals surface area contributed by atoms with Crippen molar-refractivity contribution in [2.24, 2.45) is 7.05 Å². The number of fused-ring (bicyclic) bond motifs is 1. The summed E-state index contributed by atoms with van der Waals surface area (Å²) in [5.41, 5.74) is 1.36. The molecular formula is C15H17BrN4O3. The molecule has 122 valence electrons. The standard InChI is InChI=1S/C15H17BrN4O3/c1-10-14-15(18(2)17-10)23-8-7-20(14)13(22)5-6-19-9-11(16)3-4-12(19)21/h3-4,9H,5-8H2,1-2H3. The number of nitrogens with zero attached hydrogens (tertiary/aromatic N) is 4. The van der Waals surface area contributed by atoms with E-state index in [0.29, 0.717) is 25.6 Å². The number of halogens is 1. The molecule has 0 spiro atoms. The summed E-state index contributed by atoms with van der Waals surface area (Å²) in [6, 6.07) is 3.17. The van der Waals surface area contributed by atoms with Crippen LogP contribution in [0.4, 0.5) is 5.69 Å². The summed E-state index contributed by atoms with van der Waals surface area (Å²) in [6.07, 6.45) is 1.93. The lowest BCUT2D eigenvalue weighted by Crippen LogP contribution is -2.39. The first kappa shape index (κ1) is 15.8. The molecule has 7 nitrogen and oxygen atoms in total. The number of carbonyl (C=O) groups is 1. The van der Waals surface area contributed by atoms with Crippen LogP contribution in [0.5, 0.6) is 5.88 Å². The zero-order valence-corrected chi connectivity index (χ0v) is 14.5. The highest BCUT2D eigenvalue weighted by molar-refractivity contribution is 9.10. The molecule has 0 saturated heterocycles. The van der Waals surface area contributed by atoms with Crippen LogP contribution in [-0.4, -0.2) is 33.4 Å². The fourth-order valence-electron chi connectivity index (χ4n) is 2.72. The second kappa shape index (κ2) is 6.19. The highest BCUT2D eigenvalue weighted by Crippen LogP contribution is 2.34. The number of carbonyl (C=O) groups excluding carboxylic acids is 1. The van der Waals surface area contributed by atoms with Gasteiger partial charge in [0.15, 0.2) is 0 Å².